The molecule has 0 bridgehead atoms. The van der Waals surface area contributed by atoms with Crippen LogP contribution >= 0.6 is 0 Å². The second-order valence-corrected chi connectivity index (χ2v) is 2.78. The minimum Gasteiger partial charge on any atom is -0.0938 e. The fourth-order valence-electron chi connectivity index (χ4n) is 1.18. The Morgan fingerprint density at radius 1 is 0.917 bits per heavy atom. The predicted octanol–water partition coefficient (Wildman–Crippen LogP) is 2.39. The Hall–Kier alpha value is -1.40. The highest BCUT2D eigenvalue weighted by atomic mass is 14.3. The van der Waals surface area contributed by atoms with E-state index in [0.717, 1.165) is 0 Å². The highest BCUT2D eigenvalue weighted by Gasteiger charge is 2.27. The molecule has 0 heterocycles. The first-order valence-corrected chi connectivity index (χ1v) is 4.12. The van der Waals surface area contributed by atoms with Crippen molar-refractivity contribution in [2.45, 2.75) is 12.8 Å². The molecule has 0 unspecified atom stereocenters. The zero-order valence-electron chi connectivity index (χ0n) is 7.14. The highest BCUT2D eigenvalue weighted by Crippen LogP contribution is 2.32. The van der Waals surface area contributed by atoms with Gasteiger partial charge in [-0.25, -0.2) is 0 Å². The van der Waals surface area contributed by atoms with Crippen LogP contribution in [0.25, 0.3) is 0 Å². The fraction of sp³-hybridized carbons (Fsp3) is 0.333. The zero-order valence-corrected chi connectivity index (χ0v) is 7.14. The molecule has 0 radical (unpaired) electrons. The number of rotatable bonds is 0. The first-order valence-electron chi connectivity index (χ1n) is 4.12. The van der Waals surface area contributed by atoms with E-state index in [-0.39, 0.29) is 0 Å². The van der Waals surface area contributed by atoms with Crippen LogP contribution in [0.3, 0.4) is 0 Å². The van der Waals surface area contributed by atoms with Crippen molar-refractivity contribution in [2.24, 2.45) is 11.8 Å². The maximum Gasteiger partial charge on any atom is 0.0344 e. The summed E-state index contributed by atoms with van der Waals surface area (Å²) in [5.74, 6) is 12.9. The predicted molar refractivity (Wildman–Crippen MR) is 52.2 cm³/mol. The summed E-state index contributed by atoms with van der Waals surface area (Å²) >= 11 is 0. The molecule has 0 aliphatic heterocycles. The van der Waals surface area contributed by atoms with Crippen LogP contribution in [0.15, 0.2) is 25.3 Å². The van der Waals surface area contributed by atoms with Gasteiger partial charge in [0.05, 0.1) is 0 Å². The lowest BCUT2D eigenvalue weighted by Gasteiger charge is -2.27. The average molecular weight is 156 g/mol. The van der Waals surface area contributed by atoms with Crippen molar-refractivity contribution in [3.05, 3.63) is 25.3 Å². The molecule has 0 nitrogen and oxygen atoms in total. The maximum atomic E-state index is 3.55. The molecule has 0 aromatic rings. The molecule has 60 valence electrons. The van der Waals surface area contributed by atoms with Gasteiger partial charge in [0.15, 0.2) is 0 Å². The molecule has 0 heteroatoms. The van der Waals surface area contributed by atoms with Crippen LogP contribution in [0, 0.1) is 35.5 Å². The average Bonchev–Trinajstić information content (AvgIpc) is 2.04. The van der Waals surface area contributed by atoms with E-state index in [4.69, 9.17) is 0 Å². The maximum absolute atomic E-state index is 3.55. The third-order valence-corrected chi connectivity index (χ3v) is 2.02. The molecule has 1 aliphatic carbocycles. The van der Waals surface area contributed by atoms with Crippen molar-refractivity contribution in [2.75, 3.05) is 0 Å². The van der Waals surface area contributed by atoms with Gasteiger partial charge < -0.3 is 0 Å². The molecule has 2 atom stereocenters. The summed E-state index contributed by atoms with van der Waals surface area (Å²) in [6, 6.07) is 0. The topological polar surface area (TPSA) is 0 Å². The largest absolute Gasteiger partial charge is 0.0938 e. The molecule has 0 amide bonds. The summed E-state index contributed by atoms with van der Waals surface area (Å²) < 4.78 is 0. The Bertz CT molecular complexity index is 255. The second kappa shape index (κ2) is 4.47. The first-order chi connectivity index (χ1) is 5.88. The Balaban J connectivity index is 2.48. The summed E-state index contributed by atoms with van der Waals surface area (Å²) in [7, 11) is 0. The Kier molecular flexibility index (Phi) is 3.24. The molecule has 0 aromatic heterocycles. The molecular formula is C12H12. The van der Waals surface area contributed by atoms with Gasteiger partial charge in [0.2, 0.25) is 0 Å². The molecule has 1 saturated carbocycles. The van der Waals surface area contributed by atoms with Crippen LogP contribution in [0.2, 0.25) is 0 Å². The third-order valence-electron chi connectivity index (χ3n) is 2.02. The molecule has 0 aromatic carbocycles. The normalized spacial score (nSPS) is 25.0. The van der Waals surface area contributed by atoms with Gasteiger partial charge in [0, 0.05) is 11.8 Å². The third kappa shape index (κ3) is 2.04. The van der Waals surface area contributed by atoms with Crippen molar-refractivity contribution < 1.29 is 0 Å². The standard InChI is InChI=1S/C12H12/c1-3-5-7-11-9-10-12(11)8-6-4-2/h3-4,11-12H,1-2,9-10H2/t11-,12+. The molecule has 0 spiro atoms. The van der Waals surface area contributed by atoms with Crippen LogP contribution < -0.4 is 0 Å². The number of allylic oxidation sites excluding steroid dienone is 2. The molecule has 1 rings (SSSR count). The van der Waals surface area contributed by atoms with E-state index in [0.29, 0.717) is 11.8 Å². The van der Waals surface area contributed by atoms with E-state index in [1.54, 1.807) is 12.2 Å². The van der Waals surface area contributed by atoms with E-state index in [1.165, 1.54) is 12.8 Å². The zero-order chi connectivity index (χ0) is 8.81. The van der Waals surface area contributed by atoms with Gasteiger partial charge in [-0.1, -0.05) is 36.8 Å². The summed E-state index contributed by atoms with van der Waals surface area (Å²) in [6.07, 6.45) is 5.63. The van der Waals surface area contributed by atoms with Crippen molar-refractivity contribution in [1.29, 1.82) is 0 Å². The fourth-order valence-corrected chi connectivity index (χ4v) is 1.18. The number of hydrogen-bond donors (Lipinski definition) is 0. The van der Waals surface area contributed by atoms with Crippen LogP contribution in [0.4, 0.5) is 0 Å². The molecule has 0 N–H and O–H groups in total. The smallest absolute Gasteiger partial charge is 0.0344 e. The molecule has 12 heavy (non-hydrogen) atoms. The van der Waals surface area contributed by atoms with E-state index in [2.05, 4.69) is 36.8 Å². The second-order valence-electron chi connectivity index (χ2n) is 2.78. The van der Waals surface area contributed by atoms with Gasteiger partial charge in [0.25, 0.3) is 0 Å². The van der Waals surface area contributed by atoms with E-state index in [9.17, 15) is 0 Å². The Labute approximate surface area is 74.4 Å². The Morgan fingerprint density at radius 3 is 1.58 bits per heavy atom. The summed E-state index contributed by atoms with van der Waals surface area (Å²) in [5, 5.41) is 0. The van der Waals surface area contributed by atoms with E-state index >= 15 is 0 Å². The summed E-state index contributed by atoms with van der Waals surface area (Å²) in [4.78, 5) is 0. The van der Waals surface area contributed by atoms with Gasteiger partial charge >= 0.3 is 0 Å². The van der Waals surface area contributed by atoms with Crippen LogP contribution in [-0.4, -0.2) is 0 Å². The number of hydrogen-bond acceptors (Lipinski definition) is 0. The highest BCUT2D eigenvalue weighted by molar-refractivity contribution is 5.24. The van der Waals surface area contributed by atoms with Gasteiger partial charge in [-0.05, 0) is 25.0 Å². The molecule has 1 aliphatic rings. The quantitative estimate of drug-likeness (QED) is 0.472. The van der Waals surface area contributed by atoms with Gasteiger partial charge in [0.1, 0.15) is 0 Å². The molecule has 0 saturated heterocycles. The van der Waals surface area contributed by atoms with Gasteiger partial charge in [-0.2, -0.15) is 0 Å². The first kappa shape index (κ1) is 8.69. The molecular weight excluding hydrogens is 144 g/mol. The van der Waals surface area contributed by atoms with Crippen molar-refractivity contribution in [3.8, 4) is 23.7 Å². The minimum atomic E-state index is 0.468. The van der Waals surface area contributed by atoms with Crippen molar-refractivity contribution in [1.82, 2.24) is 0 Å². The van der Waals surface area contributed by atoms with Gasteiger partial charge in [-0.15, -0.1) is 0 Å². The SMILES string of the molecule is C=CC#C[C@@H]1CC[C@@H]1C#CC=C. The van der Waals surface area contributed by atoms with Crippen LogP contribution in [0.1, 0.15) is 12.8 Å². The summed E-state index contributed by atoms with van der Waals surface area (Å²) in [6.45, 7) is 7.10. The van der Waals surface area contributed by atoms with Gasteiger partial charge in [-0.3, -0.25) is 0 Å². The molecule has 1 fully saturated rings. The van der Waals surface area contributed by atoms with Crippen molar-refractivity contribution >= 4 is 0 Å². The van der Waals surface area contributed by atoms with E-state index in [1.807, 2.05) is 0 Å². The lowest BCUT2D eigenvalue weighted by atomic mass is 9.74. The minimum absolute atomic E-state index is 0.468. The van der Waals surface area contributed by atoms with E-state index < -0.39 is 0 Å². The summed E-state index contributed by atoms with van der Waals surface area (Å²) in [5.41, 5.74) is 0. The van der Waals surface area contributed by atoms with Crippen LogP contribution in [-0.2, 0) is 0 Å². The Morgan fingerprint density at radius 2 is 1.33 bits per heavy atom. The lowest BCUT2D eigenvalue weighted by Crippen LogP contribution is -2.22. The monoisotopic (exact) mass is 156 g/mol. The lowest BCUT2D eigenvalue weighted by molar-refractivity contribution is 0.310. The van der Waals surface area contributed by atoms with Crippen LogP contribution in [0.5, 0.6) is 0 Å². The van der Waals surface area contributed by atoms with Crippen molar-refractivity contribution in [3.63, 3.8) is 0 Å².